The van der Waals surface area contributed by atoms with Crippen LogP contribution in [0, 0.1) is 5.92 Å². The molecule has 7 nitrogen and oxygen atoms in total. The van der Waals surface area contributed by atoms with Crippen LogP contribution >= 0.6 is 0 Å². The van der Waals surface area contributed by atoms with Gasteiger partial charge < -0.3 is 21.1 Å². The first-order chi connectivity index (χ1) is 14.2. The average molecular weight is 404 g/mol. The molecule has 2 saturated carbocycles. The summed E-state index contributed by atoms with van der Waals surface area (Å²) in [4.78, 5) is 21.9. The maximum Gasteiger partial charge on any atom is 0.256 e. The minimum Gasteiger partial charge on any atom is -0.393 e. The first-order valence-electron chi connectivity index (χ1n) is 11.5. The fourth-order valence-corrected chi connectivity index (χ4v) is 4.26. The van der Waals surface area contributed by atoms with Crippen molar-refractivity contribution in [3.63, 3.8) is 0 Å². The molecule has 4 N–H and O–H groups in total. The van der Waals surface area contributed by atoms with Crippen LogP contribution in [0.25, 0.3) is 0 Å². The summed E-state index contributed by atoms with van der Waals surface area (Å²) in [5, 5.41) is 19.6. The molecule has 3 rings (SSSR count). The van der Waals surface area contributed by atoms with Crippen LogP contribution < -0.4 is 16.0 Å². The van der Waals surface area contributed by atoms with Gasteiger partial charge >= 0.3 is 0 Å². The highest BCUT2D eigenvalue weighted by Crippen LogP contribution is 2.25. The largest absolute Gasteiger partial charge is 0.393 e. The number of nitrogens with zero attached hydrogens (tertiary/aromatic N) is 2. The Labute approximate surface area is 174 Å². The van der Waals surface area contributed by atoms with Gasteiger partial charge in [0.25, 0.3) is 5.91 Å². The minimum absolute atomic E-state index is 0.103. The molecule has 2 aliphatic rings. The van der Waals surface area contributed by atoms with Crippen molar-refractivity contribution in [1.29, 1.82) is 0 Å². The van der Waals surface area contributed by atoms with Crippen molar-refractivity contribution >= 4 is 17.7 Å². The maximum absolute atomic E-state index is 12.9. The quantitative estimate of drug-likeness (QED) is 0.469. The molecule has 1 aromatic rings. The fraction of sp³-hybridized carbons (Fsp3) is 0.773. The lowest BCUT2D eigenvalue weighted by Crippen LogP contribution is -2.33. The van der Waals surface area contributed by atoms with Crippen molar-refractivity contribution in [1.82, 2.24) is 15.3 Å². The normalized spacial score (nSPS) is 22.8. The Balaban J connectivity index is 1.66. The molecule has 0 bridgehead atoms. The van der Waals surface area contributed by atoms with Gasteiger partial charge in [0, 0.05) is 25.3 Å². The third-order valence-electron chi connectivity index (χ3n) is 6.16. The van der Waals surface area contributed by atoms with E-state index in [1.165, 1.54) is 32.1 Å². The lowest BCUT2D eigenvalue weighted by molar-refractivity contribution is 0.0943. The Bertz CT molecular complexity index is 640. The molecule has 2 aliphatic carbocycles. The third-order valence-corrected chi connectivity index (χ3v) is 6.16. The van der Waals surface area contributed by atoms with Gasteiger partial charge in [-0.1, -0.05) is 32.6 Å². The van der Waals surface area contributed by atoms with Crippen LogP contribution in [-0.4, -0.2) is 46.2 Å². The average Bonchev–Trinajstić information content (AvgIpc) is 2.75. The minimum atomic E-state index is -0.206. The summed E-state index contributed by atoms with van der Waals surface area (Å²) in [5.41, 5.74) is 0.507. The number of carbonyl (C=O) groups is 1. The van der Waals surface area contributed by atoms with Gasteiger partial charge in [0.05, 0.1) is 6.10 Å². The van der Waals surface area contributed by atoms with Crippen LogP contribution in [0.4, 0.5) is 11.8 Å². The molecular weight excluding hydrogens is 366 g/mol. The summed E-state index contributed by atoms with van der Waals surface area (Å²) in [5.74, 6) is 1.64. The second kappa shape index (κ2) is 11.3. The van der Waals surface area contributed by atoms with Crippen molar-refractivity contribution in [2.45, 2.75) is 89.7 Å². The number of hydrogen-bond donors (Lipinski definition) is 4. The topological polar surface area (TPSA) is 99.2 Å². The number of aliphatic hydroxyl groups is 1. The number of aliphatic hydroxyl groups excluding tert-OH is 1. The summed E-state index contributed by atoms with van der Waals surface area (Å²) in [7, 11) is 0. The standard InChI is InChI=1S/C22H37N5O2/c1-2-3-13-23-22-25-15-19(21(29)24-14-16-7-5-4-6-8-16)20(27-22)26-17-9-11-18(28)12-10-17/h15-18,28H,2-14H2,1H3,(H,24,29)(H2,23,25,26,27). The second-order valence-electron chi connectivity index (χ2n) is 8.60. The van der Waals surface area contributed by atoms with E-state index >= 15 is 0 Å². The summed E-state index contributed by atoms with van der Waals surface area (Å²) in [6.45, 7) is 3.69. The molecular formula is C22H37N5O2. The molecule has 2 fully saturated rings. The summed E-state index contributed by atoms with van der Waals surface area (Å²) >= 11 is 0. The lowest BCUT2D eigenvalue weighted by atomic mass is 9.89. The van der Waals surface area contributed by atoms with E-state index in [1.54, 1.807) is 6.20 Å². The van der Waals surface area contributed by atoms with E-state index in [0.29, 0.717) is 23.2 Å². The highest BCUT2D eigenvalue weighted by Gasteiger charge is 2.23. The SMILES string of the molecule is CCCCNc1ncc(C(=O)NCC2CCCCC2)c(NC2CCC(O)CC2)n1. The van der Waals surface area contributed by atoms with E-state index in [0.717, 1.165) is 51.6 Å². The van der Waals surface area contributed by atoms with Crippen molar-refractivity contribution < 1.29 is 9.90 Å². The van der Waals surface area contributed by atoms with Crippen LogP contribution in [0.3, 0.4) is 0 Å². The Hall–Kier alpha value is -1.89. The van der Waals surface area contributed by atoms with E-state index in [-0.39, 0.29) is 18.1 Å². The van der Waals surface area contributed by atoms with Crippen LogP contribution in [0.2, 0.25) is 0 Å². The molecule has 0 aromatic carbocycles. The predicted octanol–water partition coefficient (Wildman–Crippen LogP) is 3.71. The van der Waals surface area contributed by atoms with Crippen LogP contribution in [-0.2, 0) is 0 Å². The molecule has 162 valence electrons. The second-order valence-corrected chi connectivity index (χ2v) is 8.60. The van der Waals surface area contributed by atoms with Gasteiger partial charge in [0.15, 0.2) is 0 Å². The van der Waals surface area contributed by atoms with Gasteiger partial charge in [-0.25, -0.2) is 4.98 Å². The highest BCUT2D eigenvalue weighted by atomic mass is 16.3. The number of hydrogen-bond acceptors (Lipinski definition) is 6. The molecule has 0 spiro atoms. The van der Waals surface area contributed by atoms with E-state index in [1.807, 2.05) is 0 Å². The van der Waals surface area contributed by atoms with E-state index < -0.39 is 0 Å². The Morgan fingerprint density at radius 3 is 2.62 bits per heavy atom. The van der Waals surface area contributed by atoms with Gasteiger partial charge in [0.2, 0.25) is 5.95 Å². The van der Waals surface area contributed by atoms with Gasteiger partial charge in [-0.05, 0) is 50.9 Å². The number of rotatable bonds is 9. The number of amides is 1. The third kappa shape index (κ3) is 6.84. The number of nitrogens with one attached hydrogen (secondary N) is 3. The molecule has 0 saturated heterocycles. The van der Waals surface area contributed by atoms with Crippen molar-refractivity contribution in [3.05, 3.63) is 11.8 Å². The van der Waals surface area contributed by atoms with Crippen molar-refractivity contribution in [2.75, 3.05) is 23.7 Å². The molecule has 1 aromatic heterocycles. The Morgan fingerprint density at radius 1 is 1.14 bits per heavy atom. The first-order valence-corrected chi connectivity index (χ1v) is 11.5. The fourth-order valence-electron chi connectivity index (χ4n) is 4.26. The smallest absolute Gasteiger partial charge is 0.256 e. The summed E-state index contributed by atoms with van der Waals surface area (Å²) < 4.78 is 0. The molecule has 1 heterocycles. The van der Waals surface area contributed by atoms with Crippen LogP contribution in [0.15, 0.2) is 6.20 Å². The molecule has 0 radical (unpaired) electrons. The van der Waals surface area contributed by atoms with E-state index in [4.69, 9.17) is 0 Å². The first kappa shape index (κ1) is 21.8. The van der Waals surface area contributed by atoms with Gasteiger partial charge in [-0.15, -0.1) is 0 Å². The van der Waals surface area contributed by atoms with Gasteiger partial charge in [-0.3, -0.25) is 4.79 Å². The maximum atomic E-state index is 12.9. The lowest BCUT2D eigenvalue weighted by Gasteiger charge is -2.27. The monoisotopic (exact) mass is 403 g/mol. The molecule has 7 heteroatoms. The predicted molar refractivity (Wildman–Crippen MR) is 116 cm³/mol. The molecule has 0 atom stereocenters. The number of carbonyl (C=O) groups excluding carboxylic acids is 1. The Morgan fingerprint density at radius 2 is 1.90 bits per heavy atom. The molecule has 1 amide bonds. The number of unbranched alkanes of at least 4 members (excludes halogenated alkanes) is 1. The number of aromatic nitrogens is 2. The Kier molecular flexibility index (Phi) is 8.52. The zero-order chi connectivity index (χ0) is 20.5. The molecule has 29 heavy (non-hydrogen) atoms. The van der Waals surface area contributed by atoms with Crippen LogP contribution in [0.1, 0.15) is 87.9 Å². The van der Waals surface area contributed by atoms with Crippen molar-refractivity contribution in [2.24, 2.45) is 5.92 Å². The number of anilines is 2. The van der Waals surface area contributed by atoms with Crippen LogP contribution in [0.5, 0.6) is 0 Å². The molecule has 0 unspecified atom stereocenters. The van der Waals surface area contributed by atoms with Gasteiger partial charge in [-0.2, -0.15) is 4.98 Å². The highest BCUT2D eigenvalue weighted by molar-refractivity contribution is 5.98. The zero-order valence-corrected chi connectivity index (χ0v) is 17.8. The summed E-state index contributed by atoms with van der Waals surface area (Å²) in [6.07, 6.45) is 13.2. The van der Waals surface area contributed by atoms with Crippen molar-refractivity contribution in [3.8, 4) is 0 Å². The van der Waals surface area contributed by atoms with E-state index in [2.05, 4.69) is 32.8 Å². The zero-order valence-electron chi connectivity index (χ0n) is 17.8. The van der Waals surface area contributed by atoms with Gasteiger partial charge in [0.1, 0.15) is 11.4 Å². The van der Waals surface area contributed by atoms with E-state index in [9.17, 15) is 9.90 Å². The molecule has 0 aliphatic heterocycles. The summed E-state index contributed by atoms with van der Waals surface area (Å²) in [6, 6.07) is 0.224.